The maximum atomic E-state index is 12.0. The molecule has 0 unspecified atom stereocenters. The van der Waals surface area contributed by atoms with Crippen molar-refractivity contribution >= 4 is 11.6 Å². The fourth-order valence-electron chi connectivity index (χ4n) is 0.626. The molecule has 0 aliphatic rings. The van der Waals surface area contributed by atoms with Gasteiger partial charge >= 0.3 is 6.18 Å². The summed E-state index contributed by atoms with van der Waals surface area (Å²) in [5, 5.41) is 0. The molecule has 0 atom stereocenters. The summed E-state index contributed by atoms with van der Waals surface area (Å²) in [7, 11) is 0. The summed E-state index contributed by atoms with van der Waals surface area (Å²) in [4.78, 5) is 6.59. The summed E-state index contributed by atoms with van der Waals surface area (Å²) in [6.45, 7) is 0. The van der Waals surface area contributed by atoms with E-state index in [1.54, 1.807) is 0 Å². The first-order valence-corrected chi connectivity index (χ1v) is 3.51. The molecule has 0 aliphatic carbocycles. The Hall–Kier alpha value is -0.840. The molecule has 0 spiro atoms. The van der Waals surface area contributed by atoms with Crippen molar-refractivity contribution in [2.45, 2.75) is 12.1 Å². The maximum absolute atomic E-state index is 12.0. The van der Waals surface area contributed by atoms with Gasteiger partial charge in [-0.2, -0.15) is 13.2 Å². The van der Waals surface area contributed by atoms with Crippen molar-refractivity contribution < 1.29 is 13.2 Å². The smallest absolute Gasteiger partial charge is 0.240 e. The van der Waals surface area contributed by atoms with Crippen molar-refractivity contribution in [3.63, 3.8) is 0 Å². The van der Waals surface area contributed by atoms with Crippen molar-refractivity contribution in [3.05, 3.63) is 23.8 Å². The fourth-order valence-corrected chi connectivity index (χ4v) is 0.772. The number of nitrogens with zero attached hydrogens (tertiary/aromatic N) is 2. The van der Waals surface area contributed by atoms with Gasteiger partial charge in [0, 0.05) is 0 Å². The monoisotopic (exact) mass is 196 g/mol. The predicted molar refractivity (Wildman–Crippen MR) is 36.6 cm³/mol. The van der Waals surface area contributed by atoms with Gasteiger partial charge in [-0.1, -0.05) is 0 Å². The number of hydrogen-bond donors (Lipinski definition) is 0. The van der Waals surface area contributed by atoms with Crippen LogP contribution in [0.4, 0.5) is 13.2 Å². The molecule has 1 rings (SSSR count). The van der Waals surface area contributed by atoms with Gasteiger partial charge in [-0.25, -0.2) is 9.97 Å². The lowest BCUT2D eigenvalue weighted by Gasteiger charge is -2.04. The second kappa shape index (κ2) is 3.26. The molecule has 0 N–H and O–H groups in total. The third-order valence-corrected chi connectivity index (χ3v) is 1.42. The van der Waals surface area contributed by atoms with Gasteiger partial charge in [0.25, 0.3) is 0 Å². The summed E-state index contributed by atoms with van der Waals surface area (Å²) < 4.78 is 35.9. The summed E-state index contributed by atoms with van der Waals surface area (Å²) in [5.41, 5.74) is -0.799. The molecule has 0 amide bonds. The Kier molecular flexibility index (Phi) is 2.52. The molecule has 0 bridgehead atoms. The van der Waals surface area contributed by atoms with E-state index >= 15 is 0 Å². The Morgan fingerprint density at radius 1 is 1.33 bits per heavy atom. The summed E-state index contributed by atoms with van der Waals surface area (Å²) in [6.07, 6.45) is -3.58. The molecular weight excluding hydrogens is 193 g/mol. The SMILES string of the molecule is FC(F)(F)c1cc(CCl)ncn1. The standard InChI is InChI=1S/C6H4ClF3N2/c7-2-4-1-5(6(8,9)10)12-3-11-4/h1,3H,2H2. The van der Waals surface area contributed by atoms with Crippen molar-refractivity contribution in [1.82, 2.24) is 9.97 Å². The molecular formula is C6H4ClF3N2. The highest BCUT2D eigenvalue weighted by Gasteiger charge is 2.32. The highest BCUT2D eigenvalue weighted by Crippen LogP contribution is 2.27. The maximum Gasteiger partial charge on any atom is 0.433 e. The Morgan fingerprint density at radius 2 is 2.00 bits per heavy atom. The van der Waals surface area contributed by atoms with E-state index in [0.717, 1.165) is 12.4 Å². The Bertz CT molecular complexity index is 274. The normalized spacial score (nSPS) is 11.7. The Labute approximate surface area is 71.4 Å². The Balaban J connectivity index is 3.02. The molecule has 1 heterocycles. The van der Waals surface area contributed by atoms with Crippen LogP contribution in [-0.4, -0.2) is 9.97 Å². The average molecular weight is 197 g/mol. The molecule has 0 saturated heterocycles. The lowest BCUT2D eigenvalue weighted by Crippen LogP contribution is -2.08. The van der Waals surface area contributed by atoms with Crippen LogP contribution in [0.3, 0.4) is 0 Å². The second-order valence-electron chi connectivity index (χ2n) is 2.03. The molecule has 0 aromatic carbocycles. The molecule has 6 heteroatoms. The van der Waals surface area contributed by atoms with Crippen LogP contribution in [0.25, 0.3) is 0 Å². The van der Waals surface area contributed by atoms with Gasteiger partial charge in [0.2, 0.25) is 0 Å². The largest absolute Gasteiger partial charge is 0.433 e. The van der Waals surface area contributed by atoms with E-state index in [1.807, 2.05) is 0 Å². The second-order valence-corrected chi connectivity index (χ2v) is 2.29. The van der Waals surface area contributed by atoms with E-state index < -0.39 is 11.9 Å². The third-order valence-electron chi connectivity index (χ3n) is 1.15. The van der Waals surface area contributed by atoms with E-state index in [4.69, 9.17) is 11.6 Å². The van der Waals surface area contributed by atoms with Crippen LogP contribution >= 0.6 is 11.6 Å². The van der Waals surface area contributed by atoms with Crippen molar-refractivity contribution in [2.24, 2.45) is 0 Å². The van der Waals surface area contributed by atoms with E-state index in [-0.39, 0.29) is 11.6 Å². The van der Waals surface area contributed by atoms with Crippen LogP contribution < -0.4 is 0 Å². The summed E-state index contributed by atoms with van der Waals surface area (Å²) >= 11 is 5.29. The first-order valence-electron chi connectivity index (χ1n) is 2.98. The lowest BCUT2D eigenvalue weighted by atomic mass is 10.3. The number of halogens is 4. The average Bonchev–Trinajstić information content (AvgIpc) is 2.03. The topological polar surface area (TPSA) is 25.8 Å². The Morgan fingerprint density at radius 3 is 2.50 bits per heavy atom. The number of alkyl halides is 4. The van der Waals surface area contributed by atoms with E-state index in [1.165, 1.54) is 0 Å². The molecule has 12 heavy (non-hydrogen) atoms. The van der Waals surface area contributed by atoms with Gasteiger partial charge in [-0.05, 0) is 6.07 Å². The summed E-state index contributed by atoms with van der Waals surface area (Å²) in [5.74, 6) is -0.0500. The zero-order chi connectivity index (χ0) is 9.19. The van der Waals surface area contributed by atoms with E-state index in [2.05, 4.69) is 9.97 Å². The zero-order valence-corrected chi connectivity index (χ0v) is 6.52. The number of rotatable bonds is 1. The first kappa shape index (κ1) is 9.25. The van der Waals surface area contributed by atoms with E-state index in [9.17, 15) is 13.2 Å². The van der Waals surface area contributed by atoms with Crippen molar-refractivity contribution in [3.8, 4) is 0 Å². The highest BCUT2D eigenvalue weighted by atomic mass is 35.5. The van der Waals surface area contributed by atoms with Crippen LogP contribution in [0.5, 0.6) is 0 Å². The van der Waals surface area contributed by atoms with Gasteiger partial charge in [0.05, 0.1) is 11.6 Å². The van der Waals surface area contributed by atoms with Gasteiger partial charge in [-0.3, -0.25) is 0 Å². The minimum Gasteiger partial charge on any atom is -0.240 e. The van der Waals surface area contributed by atoms with Crippen LogP contribution in [0.1, 0.15) is 11.4 Å². The van der Waals surface area contributed by atoms with Gasteiger partial charge < -0.3 is 0 Å². The van der Waals surface area contributed by atoms with Crippen LogP contribution in [0.2, 0.25) is 0 Å². The van der Waals surface area contributed by atoms with E-state index in [0.29, 0.717) is 0 Å². The number of hydrogen-bond acceptors (Lipinski definition) is 2. The van der Waals surface area contributed by atoms with Crippen molar-refractivity contribution in [2.75, 3.05) is 0 Å². The molecule has 1 aromatic rings. The molecule has 66 valence electrons. The molecule has 0 fully saturated rings. The molecule has 0 radical (unpaired) electrons. The van der Waals surface area contributed by atoms with Crippen LogP contribution in [0.15, 0.2) is 12.4 Å². The van der Waals surface area contributed by atoms with Crippen LogP contribution in [0, 0.1) is 0 Å². The first-order chi connectivity index (χ1) is 5.54. The lowest BCUT2D eigenvalue weighted by molar-refractivity contribution is -0.141. The van der Waals surface area contributed by atoms with Crippen molar-refractivity contribution in [1.29, 1.82) is 0 Å². The predicted octanol–water partition coefficient (Wildman–Crippen LogP) is 2.23. The molecule has 0 aliphatic heterocycles. The number of aromatic nitrogens is 2. The fraction of sp³-hybridized carbons (Fsp3) is 0.333. The third kappa shape index (κ3) is 2.07. The van der Waals surface area contributed by atoms with Crippen LogP contribution in [-0.2, 0) is 12.1 Å². The quantitative estimate of drug-likeness (QED) is 0.644. The minimum atomic E-state index is -4.43. The molecule has 0 saturated carbocycles. The molecule has 1 aromatic heterocycles. The van der Waals surface area contributed by atoms with Gasteiger partial charge in [0.1, 0.15) is 12.0 Å². The minimum absolute atomic E-state index is 0.0500. The molecule has 2 nitrogen and oxygen atoms in total. The zero-order valence-electron chi connectivity index (χ0n) is 5.77. The summed E-state index contributed by atoms with van der Waals surface area (Å²) in [6, 6.07) is 0.826. The van der Waals surface area contributed by atoms with Gasteiger partial charge in [-0.15, -0.1) is 11.6 Å². The van der Waals surface area contributed by atoms with Gasteiger partial charge in [0.15, 0.2) is 0 Å². The highest BCUT2D eigenvalue weighted by molar-refractivity contribution is 6.16.